The fourth-order valence-electron chi connectivity index (χ4n) is 2.58. The van der Waals surface area contributed by atoms with Gasteiger partial charge in [-0.1, -0.05) is 26.0 Å². The van der Waals surface area contributed by atoms with Gasteiger partial charge in [0.05, 0.1) is 6.54 Å². The molecule has 1 saturated carbocycles. The Labute approximate surface area is 113 Å². The summed E-state index contributed by atoms with van der Waals surface area (Å²) < 4.78 is 19.6. The summed E-state index contributed by atoms with van der Waals surface area (Å²) in [5, 5.41) is 4.35. The van der Waals surface area contributed by atoms with Crippen LogP contribution in [0.5, 0.6) is 0 Å². The van der Waals surface area contributed by atoms with Gasteiger partial charge in [-0.15, -0.1) is 0 Å². The van der Waals surface area contributed by atoms with E-state index in [0.717, 1.165) is 17.7 Å². The van der Waals surface area contributed by atoms with E-state index in [4.69, 9.17) is 4.42 Å². The molecule has 0 bridgehead atoms. The standard InChI is InChI=1S/C16H20FNO/c1-10(2)8-18-9-14-15(11-6-7-11)12-4-3-5-13(17)16(12)19-14/h3-5,10-11,18H,6-9H2,1-2H3. The highest BCUT2D eigenvalue weighted by atomic mass is 19.1. The van der Waals surface area contributed by atoms with Crippen LogP contribution in [-0.2, 0) is 6.54 Å². The minimum atomic E-state index is -0.255. The molecule has 1 aromatic heterocycles. The number of rotatable bonds is 5. The second-order valence-electron chi connectivity index (χ2n) is 5.85. The molecular formula is C16H20FNO. The van der Waals surface area contributed by atoms with Crippen LogP contribution >= 0.6 is 0 Å². The zero-order valence-electron chi connectivity index (χ0n) is 11.5. The van der Waals surface area contributed by atoms with Crippen LogP contribution in [0.15, 0.2) is 22.6 Å². The molecule has 1 aliphatic carbocycles. The summed E-state index contributed by atoms with van der Waals surface area (Å²) in [5.41, 5.74) is 1.65. The highest BCUT2D eigenvalue weighted by molar-refractivity contribution is 5.83. The molecule has 102 valence electrons. The van der Waals surface area contributed by atoms with E-state index in [2.05, 4.69) is 19.2 Å². The maximum atomic E-state index is 13.8. The van der Waals surface area contributed by atoms with Gasteiger partial charge in [0, 0.05) is 10.9 Å². The van der Waals surface area contributed by atoms with Crippen LogP contribution in [0.4, 0.5) is 4.39 Å². The van der Waals surface area contributed by atoms with E-state index in [9.17, 15) is 4.39 Å². The van der Waals surface area contributed by atoms with Crippen LogP contribution < -0.4 is 5.32 Å². The van der Waals surface area contributed by atoms with E-state index < -0.39 is 0 Å². The number of halogens is 1. The van der Waals surface area contributed by atoms with Crippen molar-refractivity contribution in [1.82, 2.24) is 5.32 Å². The predicted molar refractivity (Wildman–Crippen MR) is 74.7 cm³/mol. The minimum Gasteiger partial charge on any atom is -0.456 e. The monoisotopic (exact) mass is 261 g/mol. The zero-order chi connectivity index (χ0) is 13.4. The molecule has 0 radical (unpaired) electrons. The molecule has 1 aromatic carbocycles. The third kappa shape index (κ3) is 2.52. The van der Waals surface area contributed by atoms with Gasteiger partial charge in [0.1, 0.15) is 5.76 Å². The van der Waals surface area contributed by atoms with Crippen LogP contribution in [0.25, 0.3) is 11.0 Å². The normalized spacial score (nSPS) is 15.6. The second-order valence-corrected chi connectivity index (χ2v) is 5.85. The maximum Gasteiger partial charge on any atom is 0.170 e. The van der Waals surface area contributed by atoms with Gasteiger partial charge in [-0.2, -0.15) is 0 Å². The van der Waals surface area contributed by atoms with Gasteiger partial charge in [0.25, 0.3) is 0 Å². The van der Waals surface area contributed by atoms with E-state index in [1.54, 1.807) is 6.07 Å². The quantitative estimate of drug-likeness (QED) is 0.872. The molecule has 0 atom stereocenters. The summed E-state index contributed by atoms with van der Waals surface area (Å²) in [7, 11) is 0. The van der Waals surface area contributed by atoms with Crippen molar-refractivity contribution in [3.63, 3.8) is 0 Å². The number of furan rings is 1. The summed E-state index contributed by atoms with van der Waals surface area (Å²) in [6.07, 6.45) is 2.39. The number of hydrogen-bond donors (Lipinski definition) is 1. The van der Waals surface area contributed by atoms with Gasteiger partial charge < -0.3 is 9.73 Å². The van der Waals surface area contributed by atoms with Crippen LogP contribution in [0.2, 0.25) is 0 Å². The van der Waals surface area contributed by atoms with Crippen molar-refractivity contribution in [3.8, 4) is 0 Å². The Morgan fingerprint density at radius 2 is 2.16 bits per heavy atom. The van der Waals surface area contributed by atoms with E-state index in [-0.39, 0.29) is 5.82 Å². The average Bonchev–Trinajstić information content (AvgIpc) is 3.11. The predicted octanol–water partition coefficient (Wildman–Crippen LogP) is 4.19. The first-order valence-corrected chi connectivity index (χ1v) is 7.07. The molecule has 2 nitrogen and oxygen atoms in total. The molecule has 0 unspecified atom stereocenters. The number of fused-ring (bicyclic) bond motifs is 1. The fraction of sp³-hybridized carbons (Fsp3) is 0.500. The van der Waals surface area contributed by atoms with Crippen LogP contribution in [0.1, 0.15) is 43.9 Å². The molecular weight excluding hydrogens is 241 g/mol. The Morgan fingerprint density at radius 3 is 2.84 bits per heavy atom. The highest BCUT2D eigenvalue weighted by Crippen LogP contribution is 2.46. The summed E-state index contributed by atoms with van der Waals surface area (Å²) >= 11 is 0. The molecule has 0 saturated heterocycles. The van der Waals surface area contributed by atoms with E-state index >= 15 is 0 Å². The molecule has 1 N–H and O–H groups in total. The lowest BCUT2D eigenvalue weighted by Gasteiger charge is -2.06. The lowest BCUT2D eigenvalue weighted by Crippen LogP contribution is -2.19. The smallest absolute Gasteiger partial charge is 0.170 e. The molecule has 19 heavy (non-hydrogen) atoms. The molecule has 1 fully saturated rings. The molecule has 1 heterocycles. The Hall–Kier alpha value is -1.35. The Balaban J connectivity index is 1.93. The Morgan fingerprint density at radius 1 is 1.37 bits per heavy atom. The van der Waals surface area contributed by atoms with Crippen molar-refractivity contribution < 1.29 is 8.81 Å². The van der Waals surface area contributed by atoms with Crippen molar-refractivity contribution >= 4 is 11.0 Å². The lowest BCUT2D eigenvalue weighted by molar-refractivity contribution is 0.471. The first-order valence-electron chi connectivity index (χ1n) is 7.07. The fourth-order valence-corrected chi connectivity index (χ4v) is 2.58. The van der Waals surface area contributed by atoms with Crippen LogP contribution in [-0.4, -0.2) is 6.54 Å². The molecule has 0 spiro atoms. The number of hydrogen-bond acceptors (Lipinski definition) is 2. The zero-order valence-corrected chi connectivity index (χ0v) is 11.5. The summed E-state index contributed by atoms with van der Waals surface area (Å²) in [6, 6.07) is 5.21. The van der Waals surface area contributed by atoms with Gasteiger partial charge >= 0.3 is 0 Å². The van der Waals surface area contributed by atoms with Gasteiger partial charge in [0.2, 0.25) is 0 Å². The molecule has 3 heteroatoms. The third-order valence-electron chi connectivity index (χ3n) is 3.61. The topological polar surface area (TPSA) is 25.2 Å². The largest absolute Gasteiger partial charge is 0.456 e. The summed E-state index contributed by atoms with van der Waals surface area (Å²) in [6.45, 7) is 5.99. The van der Waals surface area contributed by atoms with Crippen molar-refractivity contribution in [3.05, 3.63) is 35.3 Å². The van der Waals surface area contributed by atoms with Crippen LogP contribution in [0.3, 0.4) is 0 Å². The average molecular weight is 261 g/mol. The highest BCUT2D eigenvalue weighted by Gasteiger charge is 2.31. The van der Waals surface area contributed by atoms with E-state index in [1.165, 1.54) is 24.5 Å². The van der Waals surface area contributed by atoms with Crippen molar-refractivity contribution in [2.45, 2.75) is 39.2 Å². The Bertz CT molecular complexity index is 584. The van der Waals surface area contributed by atoms with Gasteiger partial charge in [-0.05, 0) is 37.3 Å². The lowest BCUT2D eigenvalue weighted by atomic mass is 10.1. The van der Waals surface area contributed by atoms with Crippen LogP contribution in [0, 0.1) is 11.7 Å². The molecule has 0 amide bonds. The first-order chi connectivity index (χ1) is 9.16. The molecule has 1 aliphatic rings. The molecule has 2 aromatic rings. The van der Waals surface area contributed by atoms with Crippen molar-refractivity contribution in [2.24, 2.45) is 5.92 Å². The first kappa shape index (κ1) is 12.7. The summed E-state index contributed by atoms with van der Waals surface area (Å²) in [4.78, 5) is 0. The van der Waals surface area contributed by atoms with Crippen molar-refractivity contribution in [2.75, 3.05) is 6.54 Å². The Kier molecular flexibility index (Phi) is 3.31. The van der Waals surface area contributed by atoms with Gasteiger partial charge in [0.15, 0.2) is 11.4 Å². The van der Waals surface area contributed by atoms with Gasteiger partial charge in [-0.3, -0.25) is 0 Å². The number of nitrogens with one attached hydrogen (secondary N) is 1. The number of para-hydroxylation sites is 1. The van der Waals surface area contributed by atoms with Gasteiger partial charge in [-0.25, -0.2) is 4.39 Å². The third-order valence-corrected chi connectivity index (χ3v) is 3.61. The maximum absolute atomic E-state index is 13.8. The van der Waals surface area contributed by atoms with E-state index in [0.29, 0.717) is 24.0 Å². The minimum absolute atomic E-state index is 0.255. The summed E-state index contributed by atoms with van der Waals surface area (Å²) in [5.74, 6) is 1.84. The molecule has 3 rings (SSSR count). The number of benzene rings is 1. The second kappa shape index (κ2) is 4.97. The molecule has 0 aliphatic heterocycles. The van der Waals surface area contributed by atoms with Crippen molar-refractivity contribution in [1.29, 1.82) is 0 Å². The van der Waals surface area contributed by atoms with E-state index in [1.807, 2.05) is 6.07 Å². The SMILES string of the molecule is CC(C)CNCc1oc2c(F)cccc2c1C1CC1.